The zero-order valence-electron chi connectivity index (χ0n) is 7.16. The van der Waals surface area contributed by atoms with Gasteiger partial charge in [-0.25, -0.2) is 4.98 Å². The highest BCUT2D eigenvalue weighted by atomic mass is 32.2. The average molecular weight is 232 g/mol. The van der Waals surface area contributed by atoms with Crippen LogP contribution in [-0.4, -0.2) is 28.8 Å². The van der Waals surface area contributed by atoms with Gasteiger partial charge >= 0.3 is 0 Å². The minimum absolute atomic E-state index is 0.457. The SMILES string of the molecule is CSc1nc(SC)c(C=O)c(=S)[nH]1. The number of aromatic amines is 1. The molecule has 0 saturated carbocycles. The first-order chi connectivity index (χ1) is 6.22. The molecule has 1 aromatic heterocycles. The van der Waals surface area contributed by atoms with Gasteiger partial charge in [-0.3, -0.25) is 4.79 Å². The predicted octanol–water partition coefficient (Wildman–Crippen LogP) is 2.40. The second kappa shape index (κ2) is 4.78. The van der Waals surface area contributed by atoms with Crippen molar-refractivity contribution in [1.82, 2.24) is 9.97 Å². The van der Waals surface area contributed by atoms with E-state index in [-0.39, 0.29) is 0 Å². The summed E-state index contributed by atoms with van der Waals surface area (Å²) in [4.78, 5) is 17.7. The zero-order chi connectivity index (χ0) is 9.84. The molecule has 1 heterocycles. The molecule has 1 aromatic rings. The lowest BCUT2D eigenvalue weighted by Crippen LogP contribution is -1.96. The first kappa shape index (κ1) is 10.7. The number of nitrogens with one attached hydrogen (secondary N) is 1. The fraction of sp³-hybridized carbons (Fsp3) is 0.286. The quantitative estimate of drug-likeness (QED) is 0.285. The van der Waals surface area contributed by atoms with Crippen molar-refractivity contribution in [2.75, 3.05) is 12.5 Å². The van der Waals surface area contributed by atoms with E-state index in [0.29, 0.717) is 15.2 Å². The standard InChI is InChI=1S/C7H8N2OS3/c1-12-6-4(3-10)5(11)8-7(9-6)13-2/h3H,1-2H3,(H,8,9,11). The van der Waals surface area contributed by atoms with E-state index >= 15 is 0 Å². The molecular weight excluding hydrogens is 224 g/mol. The van der Waals surface area contributed by atoms with Crippen LogP contribution in [0.4, 0.5) is 0 Å². The number of carbonyl (C=O) groups excluding carboxylic acids is 1. The molecule has 0 aliphatic carbocycles. The minimum atomic E-state index is 0.457. The molecule has 0 spiro atoms. The van der Waals surface area contributed by atoms with Gasteiger partial charge in [-0.15, -0.1) is 11.8 Å². The molecule has 70 valence electrons. The molecule has 0 atom stereocenters. The number of aromatic nitrogens is 2. The van der Waals surface area contributed by atoms with E-state index < -0.39 is 0 Å². The molecule has 3 nitrogen and oxygen atoms in total. The number of hydrogen-bond donors (Lipinski definition) is 1. The van der Waals surface area contributed by atoms with Crippen LogP contribution in [0.2, 0.25) is 0 Å². The normalized spacial score (nSPS) is 10.0. The highest BCUT2D eigenvalue weighted by molar-refractivity contribution is 7.99. The molecule has 0 saturated heterocycles. The molecule has 0 bridgehead atoms. The molecule has 6 heteroatoms. The van der Waals surface area contributed by atoms with E-state index in [1.54, 1.807) is 0 Å². The monoisotopic (exact) mass is 232 g/mol. The number of hydrogen-bond acceptors (Lipinski definition) is 5. The molecule has 0 aliphatic heterocycles. The number of rotatable bonds is 3. The lowest BCUT2D eigenvalue weighted by Gasteiger charge is -2.02. The summed E-state index contributed by atoms with van der Waals surface area (Å²) in [5, 5.41) is 1.42. The Kier molecular flexibility index (Phi) is 3.95. The van der Waals surface area contributed by atoms with Gasteiger partial charge < -0.3 is 4.98 Å². The summed E-state index contributed by atoms with van der Waals surface area (Å²) >= 11 is 7.90. The highest BCUT2D eigenvalue weighted by Crippen LogP contribution is 2.19. The topological polar surface area (TPSA) is 45.8 Å². The molecule has 0 radical (unpaired) electrons. The van der Waals surface area contributed by atoms with Crippen LogP contribution in [-0.2, 0) is 0 Å². The van der Waals surface area contributed by atoms with Crippen LogP contribution in [0.5, 0.6) is 0 Å². The molecule has 0 unspecified atom stereocenters. The fourth-order valence-electron chi connectivity index (χ4n) is 0.798. The molecule has 0 amide bonds. The van der Waals surface area contributed by atoms with E-state index in [1.807, 2.05) is 12.5 Å². The van der Waals surface area contributed by atoms with Gasteiger partial charge in [-0.05, 0) is 12.5 Å². The van der Waals surface area contributed by atoms with Crippen molar-refractivity contribution in [2.45, 2.75) is 10.2 Å². The van der Waals surface area contributed by atoms with Gasteiger partial charge in [-0.2, -0.15) is 0 Å². The van der Waals surface area contributed by atoms with Crippen molar-refractivity contribution in [3.63, 3.8) is 0 Å². The van der Waals surface area contributed by atoms with Crippen molar-refractivity contribution in [1.29, 1.82) is 0 Å². The van der Waals surface area contributed by atoms with Crippen LogP contribution in [0.3, 0.4) is 0 Å². The molecule has 0 fully saturated rings. The van der Waals surface area contributed by atoms with Gasteiger partial charge in [0.1, 0.15) is 9.67 Å². The van der Waals surface area contributed by atoms with E-state index in [1.165, 1.54) is 23.5 Å². The lowest BCUT2D eigenvalue weighted by molar-refractivity contribution is 0.111. The van der Waals surface area contributed by atoms with E-state index in [4.69, 9.17) is 12.2 Å². The molecule has 13 heavy (non-hydrogen) atoms. The first-order valence-corrected chi connectivity index (χ1v) is 6.26. The van der Waals surface area contributed by atoms with E-state index in [2.05, 4.69) is 9.97 Å². The number of carbonyl (C=O) groups is 1. The largest absolute Gasteiger partial charge is 0.325 e. The predicted molar refractivity (Wildman–Crippen MR) is 58.4 cm³/mol. The third-order valence-corrected chi connectivity index (χ3v) is 3.00. The Morgan fingerprint density at radius 1 is 1.46 bits per heavy atom. The molecule has 0 aromatic carbocycles. The van der Waals surface area contributed by atoms with Crippen LogP contribution >= 0.6 is 35.7 Å². The second-order valence-corrected chi connectivity index (χ2v) is 4.11. The number of nitrogens with zero attached hydrogens (tertiary/aromatic N) is 1. The third-order valence-electron chi connectivity index (χ3n) is 1.40. The Labute approximate surface area is 89.7 Å². The third kappa shape index (κ3) is 2.32. The summed E-state index contributed by atoms with van der Waals surface area (Å²) in [5.74, 6) is 0. The maximum absolute atomic E-state index is 10.7. The van der Waals surface area contributed by atoms with Crippen LogP contribution in [0.25, 0.3) is 0 Å². The number of aldehydes is 1. The number of thioether (sulfide) groups is 2. The summed E-state index contributed by atoms with van der Waals surface area (Å²) in [6, 6.07) is 0. The summed E-state index contributed by atoms with van der Waals surface area (Å²) in [7, 11) is 0. The van der Waals surface area contributed by atoms with E-state index in [9.17, 15) is 4.79 Å². The summed E-state index contributed by atoms with van der Waals surface area (Å²) in [5.41, 5.74) is 0.473. The summed E-state index contributed by atoms with van der Waals surface area (Å²) in [6.07, 6.45) is 4.51. The van der Waals surface area contributed by atoms with Gasteiger partial charge in [0.15, 0.2) is 11.4 Å². The van der Waals surface area contributed by atoms with Crippen molar-refractivity contribution >= 4 is 42.0 Å². The Bertz CT molecular complexity index is 374. The van der Waals surface area contributed by atoms with Crippen molar-refractivity contribution in [3.05, 3.63) is 10.2 Å². The van der Waals surface area contributed by atoms with Crippen LogP contribution in [0.1, 0.15) is 10.4 Å². The average Bonchev–Trinajstić information content (AvgIpc) is 2.16. The van der Waals surface area contributed by atoms with Crippen LogP contribution in [0, 0.1) is 4.64 Å². The molecule has 1 rings (SSSR count). The first-order valence-electron chi connectivity index (χ1n) is 3.40. The van der Waals surface area contributed by atoms with Crippen LogP contribution < -0.4 is 0 Å². The van der Waals surface area contributed by atoms with Gasteiger partial charge in [0.25, 0.3) is 0 Å². The van der Waals surface area contributed by atoms with Gasteiger partial charge in [0.2, 0.25) is 0 Å². The lowest BCUT2D eigenvalue weighted by atomic mass is 10.4. The molecular formula is C7H8N2OS3. The van der Waals surface area contributed by atoms with E-state index in [0.717, 1.165) is 11.4 Å². The maximum atomic E-state index is 10.7. The second-order valence-electron chi connectivity index (χ2n) is 2.12. The van der Waals surface area contributed by atoms with Crippen molar-refractivity contribution in [3.8, 4) is 0 Å². The molecule has 1 N–H and O–H groups in total. The van der Waals surface area contributed by atoms with Gasteiger partial charge in [0.05, 0.1) is 5.56 Å². The molecule has 0 aliphatic rings. The Balaban J connectivity index is 3.37. The maximum Gasteiger partial charge on any atom is 0.167 e. The van der Waals surface area contributed by atoms with Gasteiger partial charge in [0, 0.05) is 0 Å². The Morgan fingerprint density at radius 2 is 2.15 bits per heavy atom. The summed E-state index contributed by atoms with van der Waals surface area (Å²) < 4.78 is 0.457. The Hall–Kier alpha value is -0.330. The zero-order valence-corrected chi connectivity index (χ0v) is 9.61. The summed E-state index contributed by atoms with van der Waals surface area (Å²) in [6.45, 7) is 0. The Morgan fingerprint density at radius 3 is 2.62 bits per heavy atom. The van der Waals surface area contributed by atoms with Crippen molar-refractivity contribution in [2.24, 2.45) is 0 Å². The number of H-pyrrole nitrogens is 1. The highest BCUT2D eigenvalue weighted by Gasteiger charge is 2.06. The smallest absolute Gasteiger partial charge is 0.167 e. The van der Waals surface area contributed by atoms with Crippen LogP contribution in [0.15, 0.2) is 10.2 Å². The van der Waals surface area contributed by atoms with Crippen molar-refractivity contribution < 1.29 is 4.79 Å². The van der Waals surface area contributed by atoms with Gasteiger partial charge in [-0.1, -0.05) is 24.0 Å². The minimum Gasteiger partial charge on any atom is -0.325 e. The fourth-order valence-corrected chi connectivity index (χ4v) is 2.17.